The first kappa shape index (κ1) is 13.3. The summed E-state index contributed by atoms with van der Waals surface area (Å²) in [6.07, 6.45) is 0.270. The average molecular weight is 268 g/mol. The van der Waals surface area contributed by atoms with Crippen molar-refractivity contribution in [1.82, 2.24) is 0 Å². The SMILES string of the molecule is Cc1cccc(C)c1[C@@H](OC[C@H]1CO1)c1ccccc1. The maximum Gasteiger partial charge on any atom is 0.108 e. The number of epoxide rings is 1. The van der Waals surface area contributed by atoms with Crippen LogP contribution in [0.1, 0.15) is 28.4 Å². The van der Waals surface area contributed by atoms with Crippen LogP contribution in [0.3, 0.4) is 0 Å². The smallest absolute Gasteiger partial charge is 0.108 e. The highest BCUT2D eigenvalue weighted by molar-refractivity contribution is 5.40. The standard InChI is InChI=1S/C18H20O2/c1-13-7-6-8-14(2)17(13)18(20-12-16-11-19-16)15-9-4-3-5-10-15/h3-10,16,18H,11-12H2,1-2H3/t16-,18+/m1/s1. The third-order valence-electron chi connectivity index (χ3n) is 3.76. The van der Waals surface area contributed by atoms with Gasteiger partial charge in [0.1, 0.15) is 12.2 Å². The third kappa shape index (κ3) is 2.92. The van der Waals surface area contributed by atoms with Gasteiger partial charge in [0.25, 0.3) is 0 Å². The fraction of sp³-hybridized carbons (Fsp3) is 0.333. The van der Waals surface area contributed by atoms with Crippen LogP contribution < -0.4 is 0 Å². The van der Waals surface area contributed by atoms with Crippen molar-refractivity contribution in [3.8, 4) is 0 Å². The Kier molecular flexibility index (Phi) is 3.86. The van der Waals surface area contributed by atoms with E-state index in [1.165, 1.54) is 22.3 Å². The molecule has 2 aromatic rings. The van der Waals surface area contributed by atoms with E-state index in [2.05, 4.69) is 56.3 Å². The Balaban J connectivity index is 1.95. The highest BCUT2D eigenvalue weighted by atomic mass is 16.6. The summed E-state index contributed by atoms with van der Waals surface area (Å²) in [5.41, 5.74) is 5.02. The highest BCUT2D eigenvalue weighted by Gasteiger charge is 2.26. The van der Waals surface area contributed by atoms with Gasteiger partial charge in [0.15, 0.2) is 0 Å². The van der Waals surface area contributed by atoms with Crippen LogP contribution in [0.25, 0.3) is 0 Å². The molecule has 1 heterocycles. The molecule has 0 spiro atoms. The largest absolute Gasteiger partial charge is 0.371 e. The Morgan fingerprint density at radius 2 is 1.70 bits per heavy atom. The fourth-order valence-electron chi connectivity index (χ4n) is 2.58. The molecule has 1 saturated heterocycles. The van der Waals surface area contributed by atoms with Crippen LogP contribution in [0.2, 0.25) is 0 Å². The summed E-state index contributed by atoms with van der Waals surface area (Å²) in [5.74, 6) is 0. The maximum atomic E-state index is 6.17. The molecule has 20 heavy (non-hydrogen) atoms. The zero-order valence-corrected chi connectivity index (χ0v) is 12.0. The van der Waals surface area contributed by atoms with Gasteiger partial charge in [-0.1, -0.05) is 48.5 Å². The van der Waals surface area contributed by atoms with Gasteiger partial charge in [-0.15, -0.1) is 0 Å². The first-order valence-electron chi connectivity index (χ1n) is 7.10. The minimum atomic E-state index is -0.0124. The summed E-state index contributed by atoms with van der Waals surface area (Å²) in [5, 5.41) is 0. The van der Waals surface area contributed by atoms with Crippen LogP contribution in [0.5, 0.6) is 0 Å². The Bertz CT molecular complexity index is 553. The van der Waals surface area contributed by atoms with E-state index in [4.69, 9.17) is 9.47 Å². The molecule has 3 rings (SSSR count). The van der Waals surface area contributed by atoms with Crippen LogP contribution >= 0.6 is 0 Å². The molecule has 1 fully saturated rings. The van der Waals surface area contributed by atoms with Gasteiger partial charge in [-0.2, -0.15) is 0 Å². The van der Waals surface area contributed by atoms with Gasteiger partial charge >= 0.3 is 0 Å². The number of rotatable bonds is 5. The summed E-state index contributed by atoms with van der Waals surface area (Å²) in [4.78, 5) is 0. The molecule has 0 radical (unpaired) electrons. The van der Waals surface area contributed by atoms with Gasteiger partial charge < -0.3 is 9.47 Å². The zero-order chi connectivity index (χ0) is 13.9. The molecule has 0 bridgehead atoms. The average Bonchev–Trinajstić information content (AvgIpc) is 3.27. The number of aryl methyl sites for hydroxylation is 2. The lowest BCUT2D eigenvalue weighted by Gasteiger charge is -2.22. The Morgan fingerprint density at radius 1 is 1.05 bits per heavy atom. The highest BCUT2D eigenvalue weighted by Crippen LogP contribution is 2.31. The number of hydrogen-bond donors (Lipinski definition) is 0. The minimum Gasteiger partial charge on any atom is -0.371 e. The Hall–Kier alpha value is -1.64. The van der Waals surface area contributed by atoms with Crippen LogP contribution in [-0.2, 0) is 9.47 Å². The molecule has 0 amide bonds. The second kappa shape index (κ2) is 5.78. The van der Waals surface area contributed by atoms with E-state index in [1.54, 1.807) is 0 Å². The minimum absolute atomic E-state index is 0.0124. The molecule has 2 heteroatoms. The van der Waals surface area contributed by atoms with Crippen molar-refractivity contribution >= 4 is 0 Å². The predicted octanol–water partition coefficient (Wildman–Crippen LogP) is 3.81. The van der Waals surface area contributed by atoms with Crippen molar-refractivity contribution < 1.29 is 9.47 Å². The second-order valence-corrected chi connectivity index (χ2v) is 5.38. The first-order valence-corrected chi connectivity index (χ1v) is 7.10. The van der Waals surface area contributed by atoms with Gasteiger partial charge in [0.2, 0.25) is 0 Å². The zero-order valence-electron chi connectivity index (χ0n) is 12.0. The predicted molar refractivity (Wildman–Crippen MR) is 79.9 cm³/mol. The number of ether oxygens (including phenoxy) is 2. The second-order valence-electron chi connectivity index (χ2n) is 5.38. The van der Waals surface area contributed by atoms with Crippen LogP contribution in [0, 0.1) is 13.8 Å². The molecule has 2 atom stereocenters. The quantitative estimate of drug-likeness (QED) is 0.769. The molecule has 0 aromatic heterocycles. The molecule has 0 saturated carbocycles. The first-order chi connectivity index (χ1) is 9.75. The van der Waals surface area contributed by atoms with Crippen molar-refractivity contribution in [3.63, 3.8) is 0 Å². The molecule has 0 N–H and O–H groups in total. The van der Waals surface area contributed by atoms with Crippen LogP contribution in [0.4, 0.5) is 0 Å². The van der Waals surface area contributed by atoms with Gasteiger partial charge in [-0.05, 0) is 36.1 Å². The van der Waals surface area contributed by atoms with E-state index >= 15 is 0 Å². The molecule has 1 aliphatic rings. The van der Waals surface area contributed by atoms with E-state index in [9.17, 15) is 0 Å². The lowest BCUT2D eigenvalue weighted by atomic mass is 9.93. The number of hydrogen-bond acceptors (Lipinski definition) is 2. The third-order valence-corrected chi connectivity index (χ3v) is 3.76. The van der Waals surface area contributed by atoms with Gasteiger partial charge in [0, 0.05) is 0 Å². The fourth-order valence-corrected chi connectivity index (χ4v) is 2.58. The van der Waals surface area contributed by atoms with E-state index in [0.717, 1.165) is 6.61 Å². The molecule has 0 aliphatic carbocycles. The van der Waals surface area contributed by atoms with Gasteiger partial charge in [-0.3, -0.25) is 0 Å². The summed E-state index contributed by atoms with van der Waals surface area (Å²) in [7, 11) is 0. The lowest BCUT2D eigenvalue weighted by molar-refractivity contribution is 0.0665. The van der Waals surface area contributed by atoms with E-state index < -0.39 is 0 Å². The molecule has 2 aromatic carbocycles. The molecule has 104 valence electrons. The van der Waals surface area contributed by atoms with Crippen LogP contribution in [0.15, 0.2) is 48.5 Å². The van der Waals surface area contributed by atoms with Gasteiger partial charge in [-0.25, -0.2) is 0 Å². The normalized spacial score (nSPS) is 18.8. The molecular formula is C18H20O2. The van der Waals surface area contributed by atoms with E-state index in [-0.39, 0.29) is 12.2 Å². The van der Waals surface area contributed by atoms with Crippen molar-refractivity contribution in [2.75, 3.05) is 13.2 Å². The summed E-state index contributed by atoms with van der Waals surface area (Å²) < 4.78 is 11.4. The van der Waals surface area contributed by atoms with Gasteiger partial charge in [0.05, 0.1) is 13.2 Å². The van der Waals surface area contributed by atoms with Crippen molar-refractivity contribution in [1.29, 1.82) is 0 Å². The van der Waals surface area contributed by atoms with Crippen molar-refractivity contribution in [3.05, 3.63) is 70.8 Å². The molecule has 0 unspecified atom stereocenters. The van der Waals surface area contributed by atoms with E-state index in [1.807, 2.05) is 6.07 Å². The van der Waals surface area contributed by atoms with Crippen molar-refractivity contribution in [2.45, 2.75) is 26.1 Å². The summed E-state index contributed by atoms with van der Waals surface area (Å²) in [6, 6.07) is 16.8. The van der Waals surface area contributed by atoms with E-state index in [0.29, 0.717) is 6.61 Å². The lowest BCUT2D eigenvalue weighted by Crippen LogP contribution is -2.13. The summed E-state index contributed by atoms with van der Waals surface area (Å²) in [6.45, 7) is 5.78. The maximum absolute atomic E-state index is 6.17. The van der Waals surface area contributed by atoms with Crippen molar-refractivity contribution in [2.24, 2.45) is 0 Å². The summed E-state index contributed by atoms with van der Waals surface area (Å²) >= 11 is 0. The molecule has 1 aliphatic heterocycles. The molecular weight excluding hydrogens is 248 g/mol. The Morgan fingerprint density at radius 3 is 2.30 bits per heavy atom. The Labute approximate surface area is 120 Å². The monoisotopic (exact) mass is 268 g/mol. The van der Waals surface area contributed by atoms with Crippen LogP contribution in [-0.4, -0.2) is 19.3 Å². The molecule has 2 nitrogen and oxygen atoms in total. The topological polar surface area (TPSA) is 21.8 Å². The number of benzene rings is 2.